The maximum absolute atomic E-state index is 13.0. The molecule has 0 bridgehead atoms. The minimum Gasteiger partial charge on any atom is -0.465 e. The third kappa shape index (κ3) is 6.58. The lowest BCUT2D eigenvalue weighted by Gasteiger charge is -2.44. The van der Waals surface area contributed by atoms with Crippen LogP contribution in [0.3, 0.4) is 0 Å². The quantitative estimate of drug-likeness (QED) is 0.231. The number of pyridine rings is 2. The van der Waals surface area contributed by atoms with Gasteiger partial charge >= 0.3 is 6.09 Å². The Morgan fingerprint density at radius 2 is 1.82 bits per heavy atom. The fourth-order valence-corrected chi connectivity index (χ4v) is 7.56. The second-order valence-corrected chi connectivity index (χ2v) is 15.0. The Kier molecular flexibility index (Phi) is 9.13. The number of amides is 2. The van der Waals surface area contributed by atoms with Crippen molar-refractivity contribution in [3.63, 3.8) is 0 Å². The summed E-state index contributed by atoms with van der Waals surface area (Å²) in [6.07, 6.45) is 12.1. The van der Waals surface area contributed by atoms with Crippen LogP contribution in [0.4, 0.5) is 10.6 Å². The topological polar surface area (TPSA) is 145 Å². The van der Waals surface area contributed by atoms with Crippen molar-refractivity contribution in [1.82, 2.24) is 34.6 Å². The van der Waals surface area contributed by atoms with Crippen molar-refractivity contribution in [2.75, 3.05) is 24.5 Å². The molecule has 49 heavy (non-hydrogen) atoms. The SMILES string of the molecule is CCC1(C(=O)NC(C)C)CCN(c2ccc(-c3cc(-c4cnn(C5CCN(C(=O)O)C(C(C)(C)C)C5)c4)cn4ncc(C#N)c34)cn2)CC1. The van der Waals surface area contributed by atoms with Crippen molar-refractivity contribution in [2.24, 2.45) is 10.8 Å². The summed E-state index contributed by atoms with van der Waals surface area (Å²) in [6.45, 7) is 14.3. The third-order valence-corrected chi connectivity index (χ3v) is 10.5. The van der Waals surface area contributed by atoms with Gasteiger partial charge in [0.2, 0.25) is 5.91 Å². The number of carboxylic acid groups (broad SMARTS) is 1. The number of carbonyl (C=O) groups excluding carboxylic acids is 1. The van der Waals surface area contributed by atoms with Crippen LogP contribution in [0.1, 0.15) is 85.3 Å². The summed E-state index contributed by atoms with van der Waals surface area (Å²) in [5, 5.41) is 32.1. The van der Waals surface area contributed by atoms with Crippen molar-refractivity contribution < 1.29 is 14.7 Å². The number of rotatable bonds is 7. The Bertz CT molecular complexity index is 1870. The van der Waals surface area contributed by atoms with Crippen LogP contribution < -0.4 is 10.2 Å². The summed E-state index contributed by atoms with van der Waals surface area (Å²) in [5.41, 5.74) is 4.15. The monoisotopic (exact) mass is 665 g/mol. The van der Waals surface area contributed by atoms with E-state index in [0.717, 1.165) is 60.4 Å². The van der Waals surface area contributed by atoms with Crippen LogP contribution in [0.25, 0.3) is 27.8 Å². The Morgan fingerprint density at radius 1 is 1.06 bits per heavy atom. The molecule has 258 valence electrons. The number of fused-ring (bicyclic) bond motifs is 1. The number of likely N-dealkylation sites (tertiary alicyclic amines) is 1. The highest BCUT2D eigenvalue weighted by molar-refractivity contribution is 5.87. The van der Waals surface area contributed by atoms with Crippen LogP contribution in [0.15, 0.2) is 49.2 Å². The highest BCUT2D eigenvalue weighted by atomic mass is 16.4. The average Bonchev–Trinajstić information content (AvgIpc) is 3.75. The first kappa shape index (κ1) is 34.0. The third-order valence-electron chi connectivity index (χ3n) is 10.5. The molecule has 0 saturated carbocycles. The van der Waals surface area contributed by atoms with Crippen LogP contribution >= 0.6 is 0 Å². The van der Waals surface area contributed by atoms with E-state index < -0.39 is 6.09 Å². The van der Waals surface area contributed by atoms with Gasteiger partial charge in [0.15, 0.2) is 0 Å². The first-order valence-corrected chi connectivity index (χ1v) is 17.3. The van der Waals surface area contributed by atoms with E-state index in [1.54, 1.807) is 15.6 Å². The second kappa shape index (κ2) is 13.2. The van der Waals surface area contributed by atoms with Crippen molar-refractivity contribution in [3.05, 3.63) is 54.7 Å². The van der Waals surface area contributed by atoms with Crippen molar-refractivity contribution in [1.29, 1.82) is 5.26 Å². The minimum absolute atomic E-state index is 0.0743. The zero-order valence-corrected chi connectivity index (χ0v) is 29.3. The van der Waals surface area contributed by atoms with E-state index in [0.29, 0.717) is 30.5 Å². The predicted octanol–water partition coefficient (Wildman–Crippen LogP) is 6.38. The molecular formula is C37H47N9O3. The smallest absolute Gasteiger partial charge is 0.407 e. The fourth-order valence-electron chi connectivity index (χ4n) is 7.56. The molecule has 2 amide bonds. The summed E-state index contributed by atoms with van der Waals surface area (Å²) in [6, 6.07) is 8.47. The van der Waals surface area contributed by atoms with Gasteiger partial charge in [-0.05, 0) is 69.6 Å². The molecule has 2 aliphatic heterocycles. The van der Waals surface area contributed by atoms with E-state index in [1.165, 1.54) is 0 Å². The van der Waals surface area contributed by atoms with E-state index >= 15 is 0 Å². The fraction of sp³-hybridized carbons (Fsp3) is 0.514. The largest absolute Gasteiger partial charge is 0.465 e. The molecule has 0 aliphatic carbocycles. The maximum atomic E-state index is 13.0. The maximum Gasteiger partial charge on any atom is 0.407 e. The van der Waals surface area contributed by atoms with Gasteiger partial charge in [-0.25, -0.2) is 14.3 Å². The molecule has 0 spiro atoms. The molecular weight excluding hydrogens is 618 g/mol. The lowest BCUT2D eigenvalue weighted by molar-refractivity contribution is -0.133. The second-order valence-electron chi connectivity index (χ2n) is 15.0. The van der Waals surface area contributed by atoms with E-state index in [1.807, 2.05) is 55.4 Å². The lowest BCUT2D eigenvalue weighted by Crippen LogP contribution is -2.51. The molecule has 2 fully saturated rings. The molecule has 2 atom stereocenters. The van der Waals surface area contributed by atoms with Gasteiger partial charge in [-0.1, -0.05) is 27.7 Å². The number of nitrogens with one attached hydrogen (secondary N) is 1. The molecule has 6 heterocycles. The Morgan fingerprint density at radius 3 is 2.43 bits per heavy atom. The number of hydrogen-bond acceptors (Lipinski definition) is 7. The van der Waals surface area contributed by atoms with Gasteiger partial charge in [-0.3, -0.25) is 9.48 Å². The van der Waals surface area contributed by atoms with E-state index in [9.17, 15) is 20.0 Å². The standard InChI is InChI=1S/C37H47N9O3/c1-7-37(34(47)42-24(2)3)11-14-43(15-12-37)32-9-8-25(19-39-32)30-16-26(22-46-33(30)27(18-38)20-41-46)28-21-40-45(23-28)29-10-13-44(35(48)49)31(17-29)36(4,5)6/h8-9,16,19-24,29,31H,7,10-15,17H2,1-6H3,(H,42,47)(H,48,49). The summed E-state index contributed by atoms with van der Waals surface area (Å²) in [7, 11) is 0. The zero-order valence-electron chi connectivity index (χ0n) is 29.3. The van der Waals surface area contributed by atoms with Gasteiger partial charge in [0.05, 0.1) is 34.9 Å². The van der Waals surface area contributed by atoms with E-state index in [4.69, 9.17) is 10.1 Å². The van der Waals surface area contributed by atoms with Gasteiger partial charge in [0, 0.05) is 72.6 Å². The molecule has 2 N–H and O–H groups in total. The van der Waals surface area contributed by atoms with Crippen LogP contribution in [-0.2, 0) is 4.79 Å². The number of anilines is 1. The highest BCUT2D eigenvalue weighted by Crippen LogP contribution is 2.39. The normalized spacial score (nSPS) is 19.6. The van der Waals surface area contributed by atoms with Crippen LogP contribution in [-0.4, -0.2) is 78.1 Å². The predicted molar refractivity (Wildman–Crippen MR) is 188 cm³/mol. The van der Waals surface area contributed by atoms with Gasteiger partial charge in [-0.2, -0.15) is 15.5 Å². The number of aromatic nitrogens is 5. The molecule has 12 nitrogen and oxygen atoms in total. The molecule has 4 aromatic rings. The molecule has 12 heteroatoms. The van der Waals surface area contributed by atoms with Gasteiger partial charge < -0.3 is 20.2 Å². The number of piperidine rings is 2. The molecule has 0 aromatic carbocycles. The van der Waals surface area contributed by atoms with Crippen molar-refractivity contribution >= 4 is 23.3 Å². The molecule has 6 rings (SSSR count). The zero-order chi connectivity index (χ0) is 35.1. The van der Waals surface area contributed by atoms with Gasteiger partial charge in [0.1, 0.15) is 11.9 Å². The van der Waals surface area contributed by atoms with Gasteiger partial charge in [-0.15, -0.1) is 0 Å². The summed E-state index contributed by atoms with van der Waals surface area (Å²) < 4.78 is 3.71. The number of hydrogen-bond donors (Lipinski definition) is 2. The summed E-state index contributed by atoms with van der Waals surface area (Å²) in [4.78, 5) is 33.7. The Balaban J connectivity index is 1.26. The Hall–Kier alpha value is -4.92. The lowest BCUT2D eigenvalue weighted by atomic mass is 9.75. The van der Waals surface area contributed by atoms with E-state index in [2.05, 4.69) is 55.1 Å². The van der Waals surface area contributed by atoms with Gasteiger partial charge in [0.25, 0.3) is 0 Å². The average molecular weight is 666 g/mol. The first-order valence-electron chi connectivity index (χ1n) is 17.3. The highest BCUT2D eigenvalue weighted by Gasteiger charge is 2.41. The molecule has 0 radical (unpaired) electrons. The Labute approximate surface area is 287 Å². The van der Waals surface area contributed by atoms with Crippen molar-refractivity contribution in [2.45, 2.75) is 91.8 Å². The van der Waals surface area contributed by atoms with Crippen LogP contribution in [0.5, 0.6) is 0 Å². The molecule has 2 unspecified atom stereocenters. The van der Waals surface area contributed by atoms with E-state index in [-0.39, 0.29) is 34.9 Å². The summed E-state index contributed by atoms with van der Waals surface area (Å²) in [5.74, 6) is 1.01. The van der Waals surface area contributed by atoms with Crippen molar-refractivity contribution in [3.8, 4) is 28.3 Å². The molecule has 4 aromatic heterocycles. The van der Waals surface area contributed by atoms with Crippen LogP contribution in [0.2, 0.25) is 0 Å². The first-order chi connectivity index (χ1) is 23.3. The molecule has 2 saturated heterocycles. The number of nitriles is 1. The summed E-state index contributed by atoms with van der Waals surface area (Å²) >= 11 is 0. The van der Waals surface area contributed by atoms with Crippen LogP contribution in [0, 0.1) is 22.2 Å². The molecule has 2 aliphatic rings. The minimum atomic E-state index is -0.876. The number of carbonyl (C=O) groups is 2. The number of nitrogens with zero attached hydrogens (tertiary/aromatic N) is 8.